The fraction of sp³-hybridized carbons (Fsp3) is 0.560. The topological polar surface area (TPSA) is 104 Å². The number of carbonyl (C=O) groups is 3. The van der Waals surface area contributed by atoms with Crippen LogP contribution in [0.4, 0.5) is 8.78 Å². The van der Waals surface area contributed by atoms with E-state index in [1.165, 1.54) is 19.2 Å². The summed E-state index contributed by atoms with van der Waals surface area (Å²) in [5, 5.41) is 19.4. The normalized spacial score (nSPS) is 15.5. The molecule has 1 aliphatic carbocycles. The number of benzene rings is 1. The number of halogens is 2. The van der Waals surface area contributed by atoms with Crippen molar-refractivity contribution in [1.82, 2.24) is 4.90 Å². The number of unbranched alkanes of at least 4 members (excludes halogenated alkanes) is 2. The largest absolute Gasteiger partial charge is 0.511 e. The molecule has 0 spiro atoms. The third kappa shape index (κ3) is 6.55. The lowest BCUT2D eigenvalue weighted by Crippen LogP contribution is -2.32. The first-order valence-corrected chi connectivity index (χ1v) is 11.6. The maximum atomic E-state index is 14.6. The van der Waals surface area contributed by atoms with Gasteiger partial charge >= 0.3 is 5.97 Å². The fourth-order valence-electron chi connectivity index (χ4n) is 4.38. The van der Waals surface area contributed by atoms with Gasteiger partial charge in [0, 0.05) is 31.0 Å². The monoisotopic (exact) mass is 481 g/mol. The number of nitrogens with zero attached hydrogens (tertiary/aromatic N) is 1. The van der Waals surface area contributed by atoms with Crippen molar-refractivity contribution in [3.8, 4) is 5.75 Å². The number of likely N-dealkylation sites (N-methyl/N-ethyl adjacent to an activating group) is 1. The number of carboxylic acids is 1. The zero-order valence-electron chi connectivity index (χ0n) is 19.7. The molecule has 1 fully saturated rings. The van der Waals surface area contributed by atoms with Crippen molar-refractivity contribution in [2.24, 2.45) is 5.41 Å². The molecule has 1 aromatic rings. The maximum absolute atomic E-state index is 14.6. The molecular formula is C25H33F2NO6. The molecule has 188 valence electrons. The third-order valence-electron chi connectivity index (χ3n) is 6.52. The predicted octanol–water partition coefficient (Wildman–Crippen LogP) is 4.93. The Labute approximate surface area is 198 Å². The summed E-state index contributed by atoms with van der Waals surface area (Å²) in [6.45, 7) is 1.70. The summed E-state index contributed by atoms with van der Waals surface area (Å²) in [4.78, 5) is 36.1. The summed E-state index contributed by atoms with van der Waals surface area (Å²) in [5.41, 5.74) is -1.05. The van der Waals surface area contributed by atoms with E-state index in [1.54, 1.807) is 0 Å². The molecule has 0 aliphatic heterocycles. The van der Waals surface area contributed by atoms with Gasteiger partial charge in [0.25, 0.3) is 5.91 Å². The van der Waals surface area contributed by atoms with Crippen molar-refractivity contribution in [2.45, 2.75) is 71.3 Å². The molecular weight excluding hydrogens is 448 g/mol. The first-order chi connectivity index (χ1) is 16.2. The number of allylic oxidation sites excluding steroid dienone is 1. The molecule has 0 atom stereocenters. The molecule has 34 heavy (non-hydrogen) atoms. The van der Waals surface area contributed by atoms with Crippen LogP contribution in [0, 0.1) is 17.0 Å². The zero-order valence-corrected chi connectivity index (χ0v) is 19.7. The van der Waals surface area contributed by atoms with Crippen molar-refractivity contribution in [3.63, 3.8) is 0 Å². The van der Waals surface area contributed by atoms with Gasteiger partial charge in [-0.25, -0.2) is 4.39 Å². The number of aldehydes is 1. The van der Waals surface area contributed by atoms with E-state index < -0.39 is 28.9 Å². The van der Waals surface area contributed by atoms with Crippen LogP contribution < -0.4 is 4.74 Å². The number of hydrogen-bond donors (Lipinski definition) is 2. The lowest BCUT2D eigenvalue weighted by molar-refractivity contribution is -0.137. The van der Waals surface area contributed by atoms with Crippen LogP contribution in [0.2, 0.25) is 0 Å². The second-order valence-electron chi connectivity index (χ2n) is 8.79. The van der Waals surface area contributed by atoms with E-state index in [4.69, 9.17) is 9.84 Å². The van der Waals surface area contributed by atoms with Crippen LogP contribution in [-0.4, -0.2) is 46.9 Å². The van der Waals surface area contributed by atoms with Gasteiger partial charge in [-0.05, 0) is 44.6 Å². The van der Waals surface area contributed by atoms with Crippen LogP contribution in [0.15, 0.2) is 23.5 Å². The molecule has 2 N–H and O–H groups in total. The Hall–Kier alpha value is -2.97. The number of hydrogen-bond acceptors (Lipinski definition) is 5. The lowest BCUT2D eigenvalue weighted by atomic mass is 9.79. The molecule has 2 rings (SSSR count). The quantitative estimate of drug-likeness (QED) is 0.103. The Morgan fingerprint density at radius 3 is 2.38 bits per heavy atom. The molecule has 0 unspecified atom stereocenters. The molecule has 0 saturated heterocycles. The molecule has 9 heteroatoms. The van der Waals surface area contributed by atoms with Gasteiger partial charge in [0.05, 0.1) is 6.61 Å². The summed E-state index contributed by atoms with van der Waals surface area (Å²) >= 11 is 0. The Morgan fingerprint density at radius 1 is 1.12 bits per heavy atom. The van der Waals surface area contributed by atoms with Gasteiger partial charge in [-0.1, -0.05) is 25.8 Å². The zero-order chi connectivity index (χ0) is 25.3. The number of aliphatic carboxylic acids is 1. The fourth-order valence-corrected chi connectivity index (χ4v) is 4.38. The van der Waals surface area contributed by atoms with E-state index in [0.29, 0.717) is 44.8 Å². The van der Waals surface area contributed by atoms with Gasteiger partial charge in [-0.15, -0.1) is 0 Å². The van der Waals surface area contributed by atoms with Crippen LogP contribution >= 0.6 is 0 Å². The molecule has 1 amide bonds. The highest BCUT2D eigenvalue weighted by Gasteiger charge is 2.39. The van der Waals surface area contributed by atoms with Crippen LogP contribution in [0.5, 0.6) is 5.75 Å². The number of carboxylic acid groups (broad SMARTS) is 1. The number of carbonyl (C=O) groups excluding carboxylic acids is 2. The first kappa shape index (κ1) is 27.3. The van der Waals surface area contributed by atoms with E-state index >= 15 is 0 Å². The first-order valence-electron chi connectivity index (χ1n) is 11.6. The van der Waals surface area contributed by atoms with Crippen molar-refractivity contribution in [3.05, 3.63) is 40.7 Å². The Morgan fingerprint density at radius 2 is 1.79 bits per heavy atom. The van der Waals surface area contributed by atoms with Crippen LogP contribution in [-0.2, 0) is 20.9 Å². The van der Waals surface area contributed by atoms with Gasteiger partial charge in [0.2, 0.25) is 5.82 Å². The SMILES string of the molecule is CCC1(/C(O)=C(/C=O)C(=O)N(C)Cc2ccc(OCCCCCC(=O)O)c(F)c2F)CCCC1. The minimum atomic E-state index is -1.19. The van der Waals surface area contributed by atoms with Gasteiger partial charge in [0.15, 0.2) is 17.9 Å². The van der Waals surface area contributed by atoms with E-state index in [-0.39, 0.29) is 42.2 Å². The molecule has 1 aromatic carbocycles. The summed E-state index contributed by atoms with van der Waals surface area (Å²) in [7, 11) is 1.35. The smallest absolute Gasteiger partial charge is 0.303 e. The predicted molar refractivity (Wildman–Crippen MR) is 121 cm³/mol. The maximum Gasteiger partial charge on any atom is 0.303 e. The van der Waals surface area contributed by atoms with Crippen LogP contribution in [0.3, 0.4) is 0 Å². The Bertz CT molecular complexity index is 924. The molecule has 0 radical (unpaired) electrons. The highest BCUT2D eigenvalue weighted by molar-refractivity contribution is 6.10. The third-order valence-corrected chi connectivity index (χ3v) is 6.52. The van der Waals surface area contributed by atoms with E-state index in [1.807, 2.05) is 6.92 Å². The van der Waals surface area contributed by atoms with Crippen molar-refractivity contribution >= 4 is 18.2 Å². The van der Waals surface area contributed by atoms with Crippen LogP contribution in [0.25, 0.3) is 0 Å². The van der Waals surface area contributed by atoms with E-state index in [2.05, 4.69) is 0 Å². The minimum Gasteiger partial charge on any atom is -0.511 e. The number of ether oxygens (including phenoxy) is 1. The van der Waals surface area contributed by atoms with Gasteiger partial charge in [-0.3, -0.25) is 14.4 Å². The summed E-state index contributed by atoms with van der Waals surface area (Å²) in [6.07, 6.45) is 5.68. The number of aliphatic hydroxyl groups is 1. The van der Waals surface area contributed by atoms with Crippen molar-refractivity contribution < 1.29 is 38.1 Å². The van der Waals surface area contributed by atoms with Crippen LogP contribution in [0.1, 0.15) is 70.3 Å². The second kappa shape index (κ2) is 12.5. The van der Waals surface area contributed by atoms with E-state index in [9.17, 15) is 28.3 Å². The van der Waals surface area contributed by atoms with Crippen molar-refractivity contribution in [2.75, 3.05) is 13.7 Å². The highest BCUT2D eigenvalue weighted by Crippen LogP contribution is 2.46. The molecule has 0 heterocycles. The van der Waals surface area contributed by atoms with Gasteiger partial charge < -0.3 is 19.8 Å². The molecule has 1 saturated carbocycles. The molecule has 0 aromatic heterocycles. The number of rotatable bonds is 13. The summed E-state index contributed by atoms with van der Waals surface area (Å²) in [5.74, 6) is -4.49. The highest BCUT2D eigenvalue weighted by atomic mass is 19.2. The summed E-state index contributed by atoms with van der Waals surface area (Å²) < 4.78 is 34.3. The molecule has 1 aliphatic rings. The second-order valence-corrected chi connectivity index (χ2v) is 8.79. The van der Waals surface area contributed by atoms with Gasteiger partial charge in [-0.2, -0.15) is 4.39 Å². The average Bonchev–Trinajstić information content (AvgIpc) is 3.31. The van der Waals surface area contributed by atoms with Gasteiger partial charge in [0.1, 0.15) is 11.3 Å². The standard InChI is InChI=1S/C25H33F2NO6/c1-3-25(12-6-7-13-25)23(32)18(16-29)24(33)28(2)15-17-10-11-19(22(27)21(17)26)34-14-8-4-5-9-20(30)31/h10-11,16,32H,3-9,12-15H2,1-2H3,(H,30,31)/b23-18+. The Kier molecular flexibility index (Phi) is 10.0. The number of aliphatic hydroxyl groups excluding tert-OH is 1. The Balaban J connectivity index is 2.06. The average molecular weight is 482 g/mol. The minimum absolute atomic E-state index is 0.0438. The van der Waals surface area contributed by atoms with Crippen molar-refractivity contribution in [1.29, 1.82) is 0 Å². The number of amides is 1. The lowest BCUT2D eigenvalue weighted by Gasteiger charge is -2.28. The summed E-state index contributed by atoms with van der Waals surface area (Å²) in [6, 6.07) is 2.57. The molecule has 7 nitrogen and oxygen atoms in total. The van der Waals surface area contributed by atoms with E-state index in [0.717, 1.165) is 17.7 Å². The molecule has 0 bridgehead atoms.